The van der Waals surface area contributed by atoms with Crippen LogP contribution in [-0.2, 0) is 0 Å². The Kier molecular flexibility index (Phi) is 6.70. The Morgan fingerprint density at radius 3 is 1.32 bits per heavy atom. The van der Waals surface area contributed by atoms with E-state index in [4.69, 9.17) is 0 Å². The van der Waals surface area contributed by atoms with Gasteiger partial charge in [0.2, 0.25) is 0 Å². The molecule has 0 saturated heterocycles. The molecule has 0 radical (unpaired) electrons. The third kappa shape index (κ3) is 5.25. The van der Waals surface area contributed by atoms with Crippen LogP contribution in [0.2, 0.25) is 0 Å². The summed E-state index contributed by atoms with van der Waals surface area (Å²) in [5, 5.41) is 11.0. The van der Waals surface area contributed by atoms with Crippen molar-refractivity contribution in [3.05, 3.63) is 168 Å². The molecule has 8 aromatic carbocycles. The van der Waals surface area contributed by atoms with E-state index in [1.807, 2.05) is 0 Å². The summed E-state index contributed by atoms with van der Waals surface area (Å²) < 4.78 is 1.09. The van der Waals surface area contributed by atoms with Crippen molar-refractivity contribution in [2.75, 3.05) is 5.32 Å². The predicted molar refractivity (Wildman–Crippen MR) is 193 cm³/mol. The molecule has 0 saturated carbocycles. The summed E-state index contributed by atoms with van der Waals surface area (Å²) in [4.78, 5) is 0. The first-order chi connectivity index (χ1) is 21.6. The van der Waals surface area contributed by atoms with Gasteiger partial charge in [-0.05, 0) is 126 Å². The number of hydrogen-bond acceptors (Lipinski definition) is 1. The first-order valence-electron chi connectivity index (χ1n) is 14.8. The van der Waals surface area contributed by atoms with Gasteiger partial charge < -0.3 is 5.32 Å². The van der Waals surface area contributed by atoms with Crippen molar-refractivity contribution >= 4 is 59.6 Å². The van der Waals surface area contributed by atoms with E-state index >= 15 is 0 Å². The lowest BCUT2D eigenvalue weighted by Gasteiger charge is -2.11. The average Bonchev–Trinajstić information content (AvgIpc) is 3.08. The van der Waals surface area contributed by atoms with Gasteiger partial charge in [-0.25, -0.2) is 0 Å². The summed E-state index contributed by atoms with van der Waals surface area (Å²) in [6.07, 6.45) is 0. The number of halogens is 1. The summed E-state index contributed by atoms with van der Waals surface area (Å²) in [7, 11) is 0. The molecule has 8 aromatic rings. The zero-order valence-electron chi connectivity index (χ0n) is 24.0. The van der Waals surface area contributed by atoms with E-state index in [1.165, 1.54) is 65.7 Å². The van der Waals surface area contributed by atoms with E-state index in [9.17, 15) is 0 Å². The monoisotopic (exact) mass is 625 g/mol. The Balaban J connectivity index is 1.03. The number of nitrogens with one attached hydrogen (secondary N) is 1. The second-order valence-electron chi connectivity index (χ2n) is 11.3. The number of rotatable bonds is 5. The Bertz CT molecular complexity index is 2300. The zero-order chi connectivity index (χ0) is 29.5. The van der Waals surface area contributed by atoms with Gasteiger partial charge >= 0.3 is 0 Å². The summed E-state index contributed by atoms with van der Waals surface area (Å²) in [6, 6.07) is 59.1. The molecule has 0 spiro atoms. The highest BCUT2D eigenvalue weighted by atomic mass is 79.9. The first kappa shape index (κ1) is 26.4. The second kappa shape index (κ2) is 11.1. The highest BCUT2D eigenvalue weighted by Gasteiger charge is 2.06. The summed E-state index contributed by atoms with van der Waals surface area (Å²) in [6.45, 7) is 0. The van der Waals surface area contributed by atoms with Crippen LogP contribution in [0.25, 0.3) is 65.7 Å². The average molecular weight is 627 g/mol. The SMILES string of the molecule is Brc1ccc(-c2ccc3ccc(-c4ccc5cc(Nc6ccc(-c7ccc8ccccc8c7)cc6)ccc5c4)cc3c2)cc1. The minimum Gasteiger partial charge on any atom is -0.356 e. The molecule has 208 valence electrons. The Labute approximate surface area is 265 Å². The van der Waals surface area contributed by atoms with Crippen molar-refractivity contribution in [3.8, 4) is 33.4 Å². The second-order valence-corrected chi connectivity index (χ2v) is 12.2. The molecule has 0 heterocycles. The van der Waals surface area contributed by atoms with Crippen LogP contribution >= 0.6 is 15.9 Å². The summed E-state index contributed by atoms with van der Waals surface area (Å²) in [5.74, 6) is 0. The summed E-state index contributed by atoms with van der Waals surface area (Å²) >= 11 is 3.54. The molecular weight excluding hydrogens is 598 g/mol. The molecule has 8 rings (SSSR count). The highest BCUT2D eigenvalue weighted by Crippen LogP contribution is 2.32. The molecule has 0 aromatic heterocycles. The molecule has 0 aliphatic heterocycles. The van der Waals surface area contributed by atoms with Crippen molar-refractivity contribution in [1.82, 2.24) is 0 Å². The maximum Gasteiger partial charge on any atom is 0.0390 e. The lowest BCUT2D eigenvalue weighted by molar-refractivity contribution is 1.56. The van der Waals surface area contributed by atoms with Gasteiger partial charge in [0.05, 0.1) is 0 Å². The van der Waals surface area contributed by atoms with Gasteiger partial charge in [0.15, 0.2) is 0 Å². The minimum absolute atomic E-state index is 1.07. The van der Waals surface area contributed by atoms with E-state index in [1.54, 1.807) is 0 Å². The molecule has 0 bridgehead atoms. The van der Waals surface area contributed by atoms with Crippen LogP contribution in [0, 0.1) is 0 Å². The van der Waals surface area contributed by atoms with Crippen molar-refractivity contribution in [2.24, 2.45) is 0 Å². The fourth-order valence-corrected chi connectivity index (χ4v) is 6.30. The smallest absolute Gasteiger partial charge is 0.0390 e. The van der Waals surface area contributed by atoms with Crippen LogP contribution in [0.5, 0.6) is 0 Å². The van der Waals surface area contributed by atoms with Crippen molar-refractivity contribution in [3.63, 3.8) is 0 Å². The quantitative estimate of drug-likeness (QED) is 0.200. The van der Waals surface area contributed by atoms with Gasteiger partial charge in [0.25, 0.3) is 0 Å². The van der Waals surface area contributed by atoms with Gasteiger partial charge in [-0.15, -0.1) is 0 Å². The molecule has 2 heteroatoms. The van der Waals surface area contributed by atoms with Gasteiger partial charge in [-0.2, -0.15) is 0 Å². The van der Waals surface area contributed by atoms with Crippen LogP contribution < -0.4 is 5.32 Å². The first-order valence-corrected chi connectivity index (χ1v) is 15.6. The van der Waals surface area contributed by atoms with Crippen LogP contribution in [-0.4, -0.2) is 0 Å². The molecule has 44 heavy (non-hydrogen) atoms. The normalized spacial score (nSPS) is 11.3. The van der Waals surface area contributed by atoms with E-state index in [0.717, 1.165) is 15.8 Å². The van der Waals surface area contributed by atoms with Gasteiger partial charge in [0.1, 0.15) is 0 Å². The van der Waals surface area contributed by atoms with Crippen molar-refractivity contribution in [2.45, 2.75) is 0 Å². The van der Waals surface area contributed by atoms with Crippen LogP contribution in [0.4, 0.5) is 11.4 Å². The maximum atomic E-state index is 3.59. The molecular formula is C42H28BrN. The van der Waals surface area contributed by atoms with E-state index < -0.39 is 0 Å². The molecule has 1 nitrogen and oxygen atoms in total. The molecule has 0 aliphatic carbocycles. The minimum atomic E-state index is 1.07. The lowest BCUT2D eigenvalue weighted by atomic mass is 9.96. The highest BCUT2D eigenvalue weighted by molar-refractivity contribution is 9.10. The number of fused-ring (bicyclic) bond motifs is 3. The van der Waals surface area contributed by atoms with Gasteiger partial charge in [-0.3, -0.25) is 0 Å². The number of anilines is 2. The third-order valence-electron chi connectivity index (χ3n) is 8.45. The van der Waals surface area contributed by atoms with Crippen molar-refractivity contribution < 1.29 is 0 Å². The molecule has 0 amide bonds. The Morgan fingerprint density at radius 2 is 0.682 bits per heavy atom. The standard InChI is InChI=1S/C42H28BrN/c43-40-18-13-29(14-19-40)34-9-6-31-7-10-36(26-39(31)25-34)35-11-12-38-27-42(22-17-37(38)24-35)44-41-20-15-30(16-21-41)33-8-5-28-3-1-2-4-32(28)23-33/h1-27,44H. The molecule has 1 N–H and O–H groups in total. The van der Waals surface area contributed by atoms with Crippen molar-refractivity contribution in [1.29, 1.82) is 0 Å². The zero-order valence-corrected chi connectivity index (χ0v) is 25.6. The summed E-state index contributed by atoms with van der Waals surface area (Å²) in [5.41, 5.74) is 9.48. The van der Waals surface area contributed by atoms with Crippen LogP contribution in [0.1, 0.15) is 0 Å². The fraction of sp³-hybridized carbons (Fsp3) is 0. The number of hydrogen-bond donors (Lipinski definition) is 1. The maximum absolute atomic E-state index is 3.59. The van der Waals surface area contributed by atoms with Gasteiger partial charge in [0, 0.05) is 15.8 Å². The Hall–Kier alpha value is -5.18. The largest absolute Gasteiger partial charge is 0.356 e. The Morgan fingerprint density at radius 1 is 0.295 bits per heavy atom. The lowest BCUT2D eigenvalue weighted by Crippen LogP contribution is -1.90. The van der Waals surface area contributed by atoms with Crippen LogP contribution in [0.3, 0.4) is 0 Å². The van der Waals surface area contributed by atoms with E-state index in [-0.39, 0.29) is 0 Å². The molecule has 0 unspecified atom stereocenters. The van der Waals surface area contributed by atoms with Gasteiger partial charge in [-0.1, -0.05) is 119 Å². The molecule has 0 aliphatic rings. The molecule has 0 fully saturated rings. The fourth-order valence-electron chi connectivity index (χ4n) is 6.03. The topological polar surface area (TPSA) is 12.0 Å². The van der Waals surface area contributed by atoms with Crippen LogP contribution in [0.15, 0.2) is 168 Å². The number of benzene rings is 8. The predicted octanol–water partition coefficient (Wildman–Crippen LogP) is 12.7. The van der Waals surface area contributed by atoms with E-state index in [0.29, 0.717) is 0 Å². The third-order valence-corrected chi connectivity index (χ3v) is 8.98. The molecule has 0 atom stereocenters. The van der Waals surface area contributed by atoms with E-state index in [2.05, 4.69) is 185 Å².